The highest BCUT2D eigenvalue weighted by molar-refractivity contribution is 7.85. The second kappa shape index (κ2) is 7.37. The molecule has 0 bridgehead atoms. The summed E-state index contributed by atoms with van der Waals surface area (Å²) in [5, 5.41) is 3.55. The highest BCUT2D eigenvalue weighted by Crippen LogP contribution is 2.23. The molecule has 0 amide bonds. The molecule has 2 unspecified atom stereocenters. The monoisotopic (exact) mass is 295 g/mol. The van der Waals surface area contributed by atoms with Crippen molar-refractivity contribution in [1.82, 2.24) is 5.32 Å². The minimum Gasteiger partial charge on any atom is -0.313 e. The predicted molar refractivity (Wildman–Crippen MR) is 88.7 cm³/mol. The van der Waals surface area contributed by atoms with Gasteiger partial charge in [0.05, 0.1) is 10.8 Å². The highest BCUT2D eigenvalue weighted by atomic mass is 32.2. The molecule has 3 heteroatoms. The van der Waals surface area contributed by atoms with Crippen molar-refractivity contribution in [2.45, 2.75) is 58.9 Å². The lowest BCUT2D eigenvalue weighted by Crippen LogP contribution is -2.44. The highest BCUT2D eigenvalue weighted by Gasteiger charge is 2.26. The lowest BCUT2D eigenvalue weighted by atomic mass is 9.88. The molecule has 2 nitrogen and oxygen atoms in total. The van der Waals surface area contributed by atoms with E-state index in [2.05, 4.69) is 58.1 Å². The summed E-state index contributed by atoms with van der Waals surface area (Å²) >= 11 is 0. The van der Waals surface area contributed by atoms with E-state index in [1.165, 1.54) is 5.56 Å². The Morgan fingerprint density at radius 1 is 1.25 bits per heavy atom. The first-order chi connectivity index (χ1) is 9.25. The maximum Gasteiger partial charge on any atom is 0.0548 e. The van der Waals surface area contributed by atoms with Gasteiger partial charge in [-0.25, -0.2) is 0 Å². The minimum atomic E-state index is -0.948. The normalized spacial score (nSPS) is 15.1. The van der Waals surface area contributed by atoms with Crippen LogP contribution in [0.3, 0.4) is 0 Å². The van der Waals surface area contributed by atoms with Crippen molar-refractivity contribution in [3.8, 4) is 0 Å². The van der Waals surface area contributed by atoms with Gasteiger partial charge in [-0.1, -0.05) is 39.8 Å². The van der Waals surface area contributed by atoms with Crippen LogP contribution in [0, 0.1) is 19.3 Å². The lowest BCUT2D eigenvalue weighted by molar-refractivity contribution is 0.290. The van der Waals surface area contributed by atoms with Gasteiger partial charge in [0.15, 0.2) is 0 Å². The Balaban J connectivity index is 2.87. The molecule has 0 aliphatic rings. The van der Waals surface area contributed by atoms with Crippen LogP contribution in [0.5, 0.6) is 0 Å². The van der Waals surface area contributed by atoms with E-state index in [0.29, 0.717) is 5.75 Å². The summed E-state index contributed by atoms with van der Waals surface area (Å²) in [6.07, 6.45) is 1.10. The summed E-state index contributed by atoms with van der Waals surface area (Å²) in [7, 11) is -0.948. The van der Waals surface area contributed by atoms with E-state index in [0.717, 1.165) is 23.4 Å². The first-order valence-corrected chi connectivity index (χ1v) is 8.76. The van der Waals surface area contributed by atoms with Crippen molar-refractivity contribution in [1.29, 1.82) is 0 Å². The first-order valence-electron chi connectivity index (χ1n) is 7.44. The molecule has 0 heterocycles. The molecule has 1 rings (SSSR count). The van der Waals surface area contributed by atoms with Crippen molar-refractivity contribution in [3.05, 3.63) is 29.3 Å². The van der Waals surface area contributed by atoms with Crippen LogP contribution in [0.15, 0.2) is 23.1 Å². The molecule has 2 atom stereocenters. The number of nitrogens with one attached hydrogen (secondary N) is 1. The van der Waals surface area contributed by atoms with Gasteiger partial charge in [0.25, 0.3) is 0 Å². The summed E-state index contributed by atoms with van der Waals surface area (Å²) in [5.74, 6) is 0.674. The van der Waals surface area contributed by atoms with Crippen LogP contribution in [0.2, 0.25) is 0 Å². The molecule has 1 aromatic carbocycles. The molecule has 20 heavy (non-hydrogen) atoms. The van der Waals surface area contributed by atoms with E-state index in [9.17, 15) is 4.21 Å². The van der Waals surface area contributed by atoms with Gasteiger partial charge in [-0.3, -0.25) is 4.21 Å². The van der Waals surface area contributed by atoms with Crippen LogP contribution in [-0.4, -0.2) is 22.5 Å². The fraction of sp³-hybridized carbons (Fsp3) is 0.647. The second-order valence-corrected chi connectivity index (χ2v) is 8.12. The van der Waals surface area contributed by atoms with Gasteiger partial charge in [-0.05, 0) is 49.4 Å². The van der Waals surface area contributed by atoms with Gasteiger partial charge in [0.2, 0.25) is 0 Å². The van der Waals surface area contributed by atoms with Gasteiger partial charge in [0, 0.05) is 16.7 Å². The number of aryl methyl sites for hydroxylation is 2. The molecule has 0 spiro atoms. The van der Waals surface area contributed by atoms with Crippen LogP contribution in [0.4, 0.5) is 0 Å². The number of hydrogen-bond acceptors (Lipinski definition) is 2. The van der Waals surface area contributed by atoms with Gasteiger partial charge in [-0.2, -0.15) is 0 Å². The molecule has 0 saturated carbocycles. The molecule has 1 aromatic rings. The smallest absolute Gasteiger partial charge is 0.0548 e. The van der Waals surface area contributed by atoms with Gasteiger partial charge >= 0.3 is 0 Å². The third-order valence-corrected chi connectivity index (χ3v) is 5.16. The Morgan fingerprint density at radius 2 is 1.90 bits per heavy atom. The zero-order chi connectivity index (χ0) is 15.3. The van der Waals surface area contributed by atoms with Crippen LogP contribution in [0.1, 0.15) is 45.2 Å². The Hall–Kier alpha value is -0.670. The number of hydrogen-bond donors (Lipinski definition) is 1. The first kappa shape index (κ1) is 17.4. The molecule has 0 aliphatic heterocycles. The molecular formula is C17H29NOS. The van der Waals surface area contributed by atoms with Gasteiger partial charge < -0.3 is 5.32 Å². The molecule has 0 aliphatic carbocycles. The number of benzene rings is 1. The fourth-order valence-corrected chi connectivity index (χ4v) is 3.97. The molecule has 0 fully saturated rings. The Bertz CT molecular complexity index is 463. The molecular weight excluding hydrogens is 266 g/mol. The summed E-state index contributed by atoms with van der Waals surface area (Å²) < 4.78 is 12.7. The summed E-state index contributed by atoms with van der Waals surface area (Å²) in [6, 6.07) is 6.47. The van der Waals surface area contributed by atoms with E-state index in [1.807, 2.05) is 6.92 Å². The summed E-state index contributed by atoms with van der Waals surface area (Å²) in [4.78, 5) is 0.984. The largest absolute Gasteiger partial charge is 0.313 e. The van der Waals surface area contributed by atoms with E-state index >= 15 is 0 Å². The van der Waals surface area contributed by atoms with Crippen LogP contribution in [0.25, 0.3) is 0 Å². The van der Waals surface area contributed by atoms with Crippen molar-refractivity contribution >= 4 is 10.8 Å². The van der Waals surface area contributed by atoms with E-state index in [-0.39, 0.29) is 11.5 Å². The topological polar surface area (TPSA) is 29.1 Å². The quantitative estimate of drug-likeness (QED) is 0.864. The van der Waals surface area contributed by atoms with Crippen LogP contribution in [-0.2, 0) is 10.8 Å². The van der Waals surface area contributed by atoms with E-state index in [1.54, 1.807) is 0 Å². The standard InChI is InChI=1S/C17H29NOS/c1-7-10-18-16(17(4,5)6)12-20(19)15-11-13(2)8-9-14(15)3/h8-9,11,16,18H,7,10,12H2,1-6H3. The van der Waals surface area contributed by atoms with Crippen molar-refractivity contribution in [2.24, 2.45) is 5.41 Å². The van der Waals surface area contributed by atoms with Crippen LogP contribution < -0.4 is 5.32 Å². The lowest BCUT2D eigenvalue weighted by Gasteiger charge is -2.31. The zero-order valence-corrected chi connectivity index (χ0v) is 14.6. The SMILES string of the molecule is CCCNC(CS(=O)c1cc(C)ccc1C)C(C)(C)C. The van der Waals surface area contributed by atoms with Crippen molar-refractivity contribution in [3.63, 3.8) is 0 Å². The average Bonchev–Trinajstić information content (AvgIpc) is 2.35. The predicted octanol–water partition coefficient (Wildman–Crippen LogP) is 3.83. The van der Waals surface area contributed by atoms with Crippen LogP contribution >= 0.6 is 0 Å². The summed E-state index contributed by atoms with van der Waals surface area (Å²) in [6.45, 7) is 13.9. The van der Waals surface area contributed by atoms with Crippen molar-refractivity contribution < 1.29 is 4.21 Å². The van der Waals surface area contributed by atoms with Crippen molar-refractivity contribution in [2.75, 3.05) is 12.3 Å². The molecule has 0 saturated heterocycles. The summed E-state index contributed by atoms with van der Waals surface area (Å²) in [5.41, 5.74) is 2.41. The zero-order valence-electron chi connectivity index (χ0n) is 13.7. The third kappa shape index (κ3) is 5.02. The minimum absolute atomic E-state index is 0.114. The fourth-order valence-electron chi connectivity index (χ4n) is 2.13. The number of rotatable bonds is 6. The van der Waals surface area contributed by atoms with Gasteiger partial charge in [0.1, 0.15) is 0 Å². The van der Waals surface area contributed by atoms with E-state index < -0.39 is 10.8 Å². The second-order valence-electron chi connectivity index (χ2n) is 6.65. The molecule has 114 valence electrons. The Kier molecular flexibility index (Phi) is 6.41. The maximum atomic E-state index is 12.7. The molecule has 0 aromatic heterocycles. The molecule has 0 radical (unpaired) electrons. The Morgan fingerprint density at radius 3 is 2.45 bits per heavy atom. The maximum absolute atomic E-state index is 12.7. The Labute approximate surface area is 126 Å². The van der Waals surface area contributed by atoms with Gasteiger partial charge in [-0.15, -0.1) is 0 Å². The van der Waals surface area contributed by atoms with E-state index in [4.69, 9.17) is 0 Å². The molecule has 1 N–H and O–H groups in total. The average molecular weight is 295 g/mol. The third-order valence-electron chi connectivity index (χ3n) is 3.59.